The number of hydrogen-bond acceptors (Lipinski definition) is 6. The van der Waals surface area contributed by atoms with E-state index in [0.29, 0.717) is 30.6 Å². The van der Waals surface area contributed by atoms with E-state index in [1.807, 2.05) is 4.90 Å². The van der Waals surface area contributed by atoms with Crippen LogP contribution in [0.2, 0.25) is 0 Å². The van der Waals surface area contributed by atoms with Gasteiger partial charge in [-0.1, -0.05) is 0 Å². The number of aromatic nitrogens is 3. The van der Waals surface area contributed by atoms with Gasteiger partial charge < -0.3 is 15.0 Å². The van der Waals surface area contributed by atoms with Gasteiger partial charge in [0.15, 0.2) is 0 Å². The minimum atomic E-state index is 0.0655. The van der Waals surface area contributed by atoms with Crippen LogP contribution in [0.25, 0.3) is 0 Å². The van der Waals surface area contributed by atoms with Crippen molar-refractivity contribution in [2.45, 2.75) is 25.0 Å². The number of carbonyl (C=O) groups excluding carboxylic acids is 1. The standard InChI is InChI=1S/C18H21N5O2/c24-17(13-4-8-19-9-5-13)23-10-11-25-16-14(2-3-15(16)23)12-22-18-20-6-1-7-21-18/h1,4-9,14-16H,2-3,10-12H2,(H,20,21,22)/t14-,15-,16-/m1/s1. The van der Waals surface area contributed by atoms with Crippen LogP contribution in [-0.2, 0) is 4.74 Å². The molecule has 7 nitrogen and oxygen atoms in total. The summed E-state index contributed by atoms with van der Waals surface area (Å²) in [5.41, 5.74) is 0.690. The third-order valence-electron chi connectivity index (χ3n) is 5.00. The predicted octanol–water partition coefficient (Wildman–Crippen LogP) is 1.60. The van der Waals surface area contributed by atoms with E-state index in [9.17, 15) is 4.79 Å². The molecule has 4 rings (SSSR count). The number of morpholine rings is 1. The molecule has 2 aromatic heterocycles. The number of hydrogen-bond donors (Lipinski definition) is 1. The zero-order valence-corrected chi connectivity index (χ0v) is 13.9. The Morgan fingerprint density at radius 2 is 2.00 bits per heavy atom. The smallest absolute Gasteiger partial charge is 0.254 e. The molecule has 0 aromatic carbocycles. The van der Waals surface area contributed by atoms with Gasteiger partial charge in [-0.15, -0.1) is 0 Å². The summed E-state index contributed by atoms with van der Waals surface area (Å²) in [6.07, 6.45) is 8.81. The Kier molecular flexibility index (Phi) is 4.56. The number of ether oxygens (including phenoxy) is 1. The second-order valence-electron chi connectivity index (χ2n) is 6.43. The Labute approximate surface area is 146 Å². The molecule has 3 heterocycles. The van der Waals surface area contributed by atoms with Crippen molar-refractivity contribution in [1.82, 2.24) is 19.9 Å². The highest BCUT2D eigenvalue weighted by Crippen LogP contribution is 2.35. The quantitative estimate of drug-likeness (QED) is 0.911. The molecule has 3 atom stereocenters. The van der Waals surface area contributed by atoms with Gasteiger partial charge in [0.1, 0.15) is 0 Å². The van der Waals surface area contributed by atoms with E-state index < -0.39 is 0 Å². The summed E-state index contributed by atoms with van der Waals surface area (Å²) in [5, 5.41) is 3.28. The number of anilines is 1. The summed E-state index contributed by atoms with van der Waals surface area (Å²) in [6, 6.07) is 5.47. The first-order valence-corrected chi connectivity index (χ1v) is 8.66. The molecule has 2 aliphatic rings. The van der Waals surface area contributed by atoms with Gasteiger partial charge in [-0.2, -0.15) is 0 Å². The minimum Gasteiger partial charge on any atom is -0.374 e. The van der Waals surface area contributed by atoms with Crippen LogP contribution >= 0.6 is 0 Å². The van der Waals surface area contributed by atoms with Crippen molar-refractivity contribution in [3.63, 3.8) is 0 Å². The van der Waals surface area contributed by atoms with Crippen molar-refractivity contribution < 1.29 is 9.53 Å². The van der Waals surface area contributed by atoms with E-state index in [-0.39, 0.29) is 18.1 Å². The Balaban J connectivity index is 1.42. The monoisotopic (exact) mass is 339 g/mol. The van der Waals surface area contributed by atoms with Gasteiger partial charge in [0, 0.05) is 49.4 Å². The molecule has 1 saturated heterocycles. The molecule has 1 aliphatic heterocycles. The van der Waals surface area contributed by atoms with Crippen LogP contribution in [0, 0.1) is 5.92 Å². The summed E-state index contributed by atoms with van der Waals surface area (Å²) in [6.45, 7) is 1.98. The zero-order valence-electron chi connectivity index (χ0n) is 13.9. The van der Waals surface area contributed by atoms with Crippen molar-refractivity contribution in [3.8, 4) is 0 Å². The number of nitrogens with one attached hydrogen (secondary N) is 1. The van der Waals surface area contributed by atoms with Crippen molar-refractivity contribution in [3.05, 3.63) is 48.5 Å². The number of carbonyl (C=O) groups is 1. The summed E-state index contributed by atoms with van der Waals surface area (Å²) in [4.78, 5) is 27.2. The summed E-state index contributed by atoms with van der Waals surface area (Å²) >= 11 is 0. The lowest BCUT2D eigenvalue weighted by atomic mass is 10.0. The molecular weight excluding hydrogens is 318 g/mol. The van der Waals surface area contributed by atoms with Gasteiger partial charge in [-0.05, 0) is 31.0 Å². The summed E-state index contributed by atoms with van der Waals surface area (Å²) in [7, 11) is 0. The Morgan fingerprint density at radius 3 is 2.80 bits per heavy atom. The van der Waals surface area contributed by atoms with E-state index in [1.54, 1.807) is 43.0 Å². The highest BCUT2D eigenvalue weighted by atomic mass is 16.5. The minimum absolute atomic E-state index is 0.0655. The molecule has 7 heteroatoms. The average molecular weight is 339 g/mol. The van der Waals surface area contributed by atoms with Crippen LogP contribution in [0.4, 0.5) is 5.95 Å². The average Bonchev–Trinajstić information content (AvgIpc) is 3.10. The Morgan fingerprint density at radius 1 is 1.20 bits per heavy atom. The van der Waals surface area contributed by atoms with Crippen molar-refractivity contribution in [2.75, 3.05) is 25.0 Å². The molecule has 25 heavy (non-hydrogen) atoms. The van der Waals surface area contributed by atoms with Gasteiger partial charge in [0.25, 0.3) is 5.91 Å². The Hall–Kier alpha value is -2.54. The lowest BCUT2D eigenvalue weighted by Crippen LogP contribution is -2.53. The van der Waals surface area contributed by atoms with Gasteiger partial charge >= 0.3 is 0 Å². The molecule has 0 radical (unpaired) electrons. The third-order valence-corrected chi connectivity index (χ3v) is 5.00. The number of pyridine rings is 1. The summed E-state index contributed by atoms with van der Waals surface area (Å²) in [5.74, 6) is 1.05. The van der Waals surface area contributed by atoms with E-state index in [1.165, 1.54) is 0 Å². The van der Waals surface area contributed by atoms with E-state index in [0.717, 1.165) is 19.4 Å². The zero-order chi connectivity index (χ0) is 17.1. The third kappa shape index (κ3) is 3.32. The fourth-order valence-electron chi connectivity index (χ4n) is 3.80. The van der Waals surface area contributed by atoms with Gasteiger partial charge in [-0.3, -0.25) is 9.78 Å². The molecule has 1 N–H and O–H groups in total. The lowest BCUT2D eigenvalue weighted by Gasteiger charge is -2.39. The molecule has 0 bridgehead atoms. The largest absolute Gasteiger partial charge is 0.374 e. The van der Waals surface area contributed by atoms with E-state index >= 15 is 0 Å². The lowest BCUT2D eigenvalue weighted by molar-refractivity contribution is -0.0602. The maximum atomic E-state index is 12.8. The van der Waals surface area contributed by atoms with Gasteiger partial charge in [-0.25, -0.2) is 9.97 Å². The molecule has 1 saturated carbocycles. The highest BCUT2D eigenvalue weighted by Gasteiger charge is 2.44. The first-order chi connectivity index (χ1) is 12.3. The molecular formula is C18H21N5O2. The van der Waals surface area contributed by atoms with Crippen LogP contribution in [0.1, 0.15) is 23.2 Å². The molecule has 1 amide bonds. The second kappa shape index (κ2) is 7.14. The summed E-state index contributed by atoms with van der Waals surface area (Å²) < 4.78 is 6.03. The van der Waals surface area contributed by atoms with Crippen LogP contribution < -0.4 is 5.32 Å². The normalized spacial score (nSPS) is 25.4. The predicted molar refractivity (Wildman–Crippen MR) is 92.0 cm³/mol. The Bertz CT molecular complexity index is 712. The second-order valence-corrected chi connectivity index (χ2v) is 6.43. The van der Waals surface area contributed by atoms with Crippen LogP contribution in [0.5, 0.6) is 0 Å². The van der Waals surface area contributed by atoms with Crippen molar-refractivity contribution >= 4 is 11.9 Å². The van der Waals surface area contributed by atoms with E-state index in [2.05, 4.69) is 20.3 Å². The highest BCUT2D eigenvalue weighted by molar-refractivity contribution is 5.94. The number of nitrogens with zero attached hydrogens (tertiary/aromatic N) is 4. The maximum Gasteiger partial charge on any atom is 0.254 e. The first kappa shape index (κ1) is 16.0. The van der Waals surface area contributed by atoms with E-state index in [4.69, 9.17) is 4.74 Å². The molecule has 0 spiro atoms. The molecule has 2 fully saturated rings. The van der Waals surface area contributed by atoms with Crippen molar-refractivity contribution in [2.24, 2.45) is 5.92 Å². The number of rotatable bonds is 4. The maximum absolute atomic E-state index is 12.8. The molecule has 130 valence electrons. The fourth-order valence-corrected chi connectivity index (χ4v) is 3.80. The number of fused-ring (bicyclic) bond motifs is 1. The SMILES string of the molecule is O=C(c1ccncc1)N1CCO[C@@H]2[C@@H](CNc3ncccn3)CC[C@H]21. The van der Waals surface area contributed by atoms with Gasteiger partial charge in [0.05, 0.1) is 18.8 Å². The number of amides is 1. The van der Waals surface area contributed by atoms with Crippen LogP contribution in [0.15, 0.2) is 43.0 Å². The topological polar surface area (TPSA) is 80.2 Å². The first-order valence-electron chi connectivity index (χ1n) is 8.66. The van der Waals surface area contributed by atoms with Crippen LogP contribution in [-0.4, -0.2) is 57.6 Å². The van der Waals surface area contributed by atoms with Crippen LogP contribution in [0.3, 0.4) is 0 Å². The van der Waals surface area contributed by atoms with Gasteiger partial charge in [0.2, 0.25) is 5.95 Å². The fraction of sp³-hybridized carbons (Fsp3) is 0.444. The molecule has 1 aliphatic carbocycles. The molecule has 0 unspecified atom stereocenters. The van der Waals surface area contributed by atoms with Crippen molar-refractivity contribution in [1.29, 1.82) is 0 Å². The molecule has 2 aromatic rings.